The van der Waals surface area contributed by atoms with Crippen LogP contribution < -0.4 is 10.6 Å². The third-order valence-corrected chi connectivity index (χ3v) is 3.41. The number of anilines is 1. The van der Waals surface area contributed by atoms with Crippen LogP contribution in [0.2, 0.25) is 0 Å². The zero-order chi connectivity index (χ0) is 14.4. The number of rotatable bonds is 5. The fourth-order valence-electron chi connectivity index (χ4n) is 1.73. The molecule has 5 heteroatoms. The molecule has 0 radical (unpaired) electrons. The zero-order valence-corrected chi connectivity index (χ0v) is 12.7. The van der Waals surface area contributed by atoms with Gasteiger partial charge in [-0.15, -0.1) is 0 Å². The predicted octanol–water partition coefficient (Wildman–Crippen LogP) is 3.13. The number of amides is 1. The molecule has 1 amide bonds. The van der Waals surface area contributed by atoms with E-state index in [1.165, 1.54) is 0 Å². The summed E-state index contributed by atoms with van der Waals surface area (Å²) in [6.07, 6.45) is 3.53. The second kappa shape index (κ2) is 7.17. The minimum atomic E-state index is -0.0666. The van der Waals surface area contributed by atoms with E-state index in [1.54, 1.807) is 12.4 Å². The lowest BCUT2D eigenvalue weighted by molar-refractivity contribution is -0.115. The molecular formula is C15H16BrN3O. The van der Waals surface area contributed by atoms with Crippen LogP contribution in [0.25, 0.3) is 0 Å². The standard InChI is InChI=1S/C15H16BrN3O/c1-11(12-3-2-8-17-9-12)18-10-15(20)19-14-6-4-13(16)5-7-14/h2-9,11,18H,10H2,1H3,(H,19,20)/t11-/m0/s1. The molecule has 0 spiro atoms. The van der Waals surface area contributed by atoms with Crippen LogP contribution in [0.15, 0.2) is 53.3 Å². The molecule has 0 saturated carbocycles. The average molecular weight is 334 g/mol. The zero-order valence-electron chi connectivity index (χ0n) is 11.1. The van der Waals surface area contributed by atoms with E-state index in [1.807, 2.05) is 43.3 Å². The molecule has 1 aromatic heterocycles. The Morgan fingerprint density at radius 3 is 2.70 bits per heavy atom. The molecule has 2 aromatic rings. The molecule has 1 heterocycles. The van der Waals surface area contributed by atoms with Gasteiger partial charge in [0.05, 0.1) is 6.54 Å². The van der Waals surface area contributed by atoms with Crippen LogP contribution in [0, 0.1) is 0 Å². The van der Waals surface area contributed by atoms with E-state index in [2.05, 4.69) is 31.5 Å². The molecule has 0 saturated heterocycles. The summed E-state index contributed by atoms with van der Waals surface area (Å²) in [7, 11) is 0. The van der Waals surface area contributed by atoms with Crippen LogP contribution in [0.3, 0.4) is 0 Å². The van der Waals surface area contributed by atoms with Gasteiger partial charge in [-0.05, 0) is 42.8 Å². The molecule has 0 unspecified atom stereocenters. The Balaban J connectivity index is 1.82. The van der Waals surface area contributed by atoms with Gasteiger partial charge in [0.1, 0.15) is 0 Å². The van der Waals surface area contributed by atoms with Crippen LogP contribution in [0.1, 0.15) is 18.5 Å². The summed E-state index contributed by atoms with van der Waals surface area (Å²) in [6.45, 7) is 2.26. The van der Waals surface area contributed by atoms with Gasteiger partial charge >= 0.3 is 0 Å². The number of nitrogens with zero attached hydrogens (tertiary/aromatic N) is 1. The highest BCUT2D eigenvalue weighted by Crippen LogP contribution is 2.14. The van der Waals surface area contributed by atoms with Gasteiger partial charge in [-0.1, -0.05) is 22.0 Å². The average Bonchev–Trinajstić information content (AvgIpc) is 2.48. The summed E-state index contributed by atoms with van der Waals surface area (Å²) in [5.41, 5.74) is 1.85. The van der Waals surface area contributed by atoms with Crippen molar-refractivity contribution in [3.05, 3.63) is 58.8 Å². The first-order valence-corrected chi connectivity index (χ1v) is 7.13. The maximum atomic E-state index is 11.8. The maximum absolute atomic E-state index is 11.8. The number of hydrogen-bond donors (Lipinski definition) is 2. The summed E-state index contributed by atoms with van der Waals surface area (Å²) < 4.78 is 0.985. The molecule has 0 aliphatic rings. The highest BCUT2D eigenvalue weighted by Gasteiger charge is 2.07. The van der Waals surface area contributed by atoms with Crippen molar-refractivity contribution in [3.8, 4) is 0 Å². The minimum absolute atomic E-state index is 0.0666. The number of carbonyl (C=O) groups is 1. The van der Waals surface area contributed by atoms with E-state index in [9.17, 15) is 4.79 Å². The monoisotopic (exact) mass is 333 g/mol. The Morgan fingerprint density at radius 2 is 2.05 bits per heavy atom. The van der Waals surface area contributed by atoms with Gasteiger partial charge in [-0.2, -0.15) is 0 Å². The summed E-state index contributed by atoms with van der Waals surface area (Å²) in [4.78, 5) is 15.9. The second-order valence-corrected chi connectivity index (χ2v) is 5.36. The number of halogens is 1. The maximum Gasteiger partial charge on any atom is 0.238 e. The van der Waals surface area contributed by atoms with Gasteiger partial charge in [0, 0.05) is 28.6 Å². The van der Waals surface area contributed by atoms with Gasteiger partial charge in [0.15, 0.2) is 0 Å². The summed E-state index contributed by atoms with van der Waals surface area (Å²) >= 11 is 3.36. The molecule has 0 aliphatic heterocycles. The Kier molecular flexibility index (Phi) is 5.26. The van der Waals surface area contributed by atoms with E-state index in [-0.39, 0.29) is 18.5 Å². The molecule has 0 aliphatic carbocycles. The highest BCUT2D eigenvalue weighted by atomic mass is 79.9. The van der Waals surface area contributed by atoms with Gasteiger partial charge in [-0.3, -0.25) is 9.78 Å². The fourth-order valence-corrected chi connectivity index (χ4v) is 2.00. The first-order valence-electron chi connectivity index (χ1n) is 6.34. The van der Waals surface area contributed by atoms with Crippen molar-refractivity contribution >= 4 is 27.5 Å². The third-order valence-electron chi connectivity index (χ3n) is 2.88. The highest BCUT2D eigenvalue weighted by molar-refractivity contribution is 9.10. The van der Waals surface area contributed by atoms with Crippen LogP contribution in [-0.4, -0.2) is 17.4 Å². The largest absolute Gasteiger partial charge is 0.325 e. The molecule has 2 N–H and O–H groups in total. The summed E-state index contributed by atoms with van der Waals surface area (Å²) in [6, 6.07) is 11.4. The topological polar surface area (TPSA) is 54.0 Å². The summed E-state index contributed by atoms with van der Waals surface area (Å²) in [5, 5.41) is 6.01. The molecular weight excluding hydrogens is 318 g/mol. The smallest absolute Gasteiger partial charge is 0.238 e. The number of nitrogens with one attached hydrogen (secondary N) is 2. The quantitative estimate of drug-likeness (QED) is 0.883. The van der Waals surface area contributed by atoms with Crippen LogP contribution >= 0.6 is 15.9 Å². The lowest BCUT2D eigenvalue weighted by Gasteiger charge is -2.13. The lowest BCUT2D eigenvalue weighted by atomic mass is 10.1. The van der Waals surface area contributed by atoms with E-state index >= 15 is 0 Å². The van der Waals surface area contributed by atoms with Crippen molar-refractivity contribution in [1.29, 1.82) is 0 Å². The van der Waals surface area contributed by atoms with Gasteiger partial charge in [0.2, 0.25) is 5.91 Å². The molecule has 4 nitrogen and oxygen atoms in total. The Morgan fingerprint density at radius 1 is 1.30 bits per heavy atom. The molecule has 0 bridgehead atoms. The number of carbonyl (C=O) groups excluding carboxylic acids is 1. The van der Waals surface area contributed by atoms with Crippen molar-refractivity contribution in [2.45, 2.75) is 13.0 Å². The van der Waals surface area contributed by atoms with E-state index in [4.69, 9.17) is 0 Å². The van der Waals surface area contributed by atoms with Crippen molar-refractivity contribution in [1.82, 2.24) is 10.3 Å². The Bertz CT molecular complexity index is 557. The van der Waals surface area contributed by atoms with Crippen LogP contribution in [0.4, 0.5) is 5.69 Å². The molecule has 104 valence electrons. The van der Waals surface area contributed by atoms with Crippen molar-refractivity contribution < 1.29 is 4.79 Å². The minimum Gasteiger partial charge on any atom is -0.325 e. The first kappa shape index (κ1) is 14.7. The Labute approximate surface area is 126 Å². The molecule has 1 aromatic carbocycles. The number of pyridine rings is 1. The fraction of sp³-hybridized carbons (Fsp3) is 0.200. The number of hydrogen-bond acceptors (Lipinski definition) is 3. The molecule has 0 fully saturated rings. The SMILES string of the molecule is C[C@H](NCC(=O)Nc1ccc(Br)cc1)c1cccnc1. The van der Waals surface area contributed by atoms with Crippen LogP contribution in [-0.2, 0) is 4.79 Å². The molecule has 20 heavy (non-hydrogen) atoms. The van der Waals surface area contributed by atoms with Gasteiger partial charge in [0.25, 0.3) is 0 Å². The molecule has 2 rings (SSSR count). The van der Waals surface area contributed by atoms with Crippen molar-refractivity contribution in [3.63, 3.8) is 0 Å². The molecule has 1 atom stereocenters. The van der Waals surface area contributed by atoms with Crippen LogP contribution in [0.5, 0.6) is 0 Å². The van der Waals surface area contributed by atoms with Crippen molar-refractivity contribution in [2.24, 2.45) is 0 Å². The predicted molar refractivity (Wildman–Crippen MR) is 83.4 cm³/mol. The third kappa shape index (κ3) is 4.43. The van der Waals surface area contributed by atoms with E-state index in [0.29, 0.717) is 0 Å². The van der Waals surface area contributed by atoms with E-state index < -0.39 is 0 Å². The number of aromatic nitrogens is 1. The lowest BCUT2D eigenvalue weighted by Crippen LogP contribution is -2.30. The van der Waals surface area contributed by atoms with E-state index in [0.717, 1.165) is 15.7 Å². The number of benzene rings is 1. The second-order valence-electron chi connectivity index (χ2n) is 4.44. The Hall–Kier alpha value is -1.72. The van der Waals surface area contributed by atoms with Gasteiger partial charge < -0.3 is 10.6 Å². The normalized spacial score (nSPS) is 11.9. The first-order chi connectivity index (χ1) is 9.65. The summed E-state index contributed by atoms with van der Waals surface area (Å²) in [5.74, 6) is -0.0666. The van der Waals surface area contributed by atoms with Crippen molar-refractivity contribution in [2.75, 3.05) is 11.9 Å². The van der Waals surface area contributed by atoms with Gasteiger partial charge in [-0.25, -0.2) is 0 Å².